The molecular weight excluding hydrogens is 402 g/mol. The third-order valence-corrected chi connectivity index (χ3v) is 6.17. The molecule has 1 heterocycles. The molecule has 140 valence electrons. The molecule has 0 atom stereocenters. The smallest absolute Gasteiger partial charge is 0.395 e. The lowest BCUT2D eigenvalue weighted by Gasteiger charge is -2.47. The van der Waals surface area contributed by atoms with Crippen LogP contribution in [0.2, 0.25) is 0 Å². The number of likely N-dealkylation sites (tertiary alicyclic amines) is 1. The minimum Gasteiger partial charge on any atom is -0.493 e. The molecule has 2 nitrogen and oxygen atoms in total. The molecule has 1 saturated heterocycles. The third kappa shape index (κ3) is 4.30. The highest BCUT2D eigenvalue weighted by atomic mass is 79.9. The van der Waals surface area contributed by atoms with Crippen molar-refractivity contribution >= 4 is 15.9 Å². The predicted molar refractivity (Wildman–Crippen MR) is 91.1 cm³/mol. The number of piperidine rings is 1. The molecule has 7 heteroatoms. The van der Waals surface area contributed by atoms with Crippen molar-refractivity contribution in [2.24, 2.45) is 11.3 Å². The van der Waals surface area contributed by atoms with Crippen molar-refractivity contribution in [1.82, 2.24) is 4.90 Å². The van der Waals surface area contributed by atoms with E-state index in [-0.39, 0.29) is 25.2 Å². The first-order valence-corrected chi connectivity index (χ1v) is 9.45. The van der Waals surface area contributed by atoms with Crippen LogP contribution in [-0.2, 0) is 0 Å². The Morgan fingerprint density at radius 3 is 2.40 bits per heavy atom. The zero-order chi connectivity index (χ0) is 18.1. The van der Waals surface area contributed by atoms with Gasteiger partial charge in [-0.25, -0.2) is 4.39 Å². The second-order valence-electron chi connectivity index (χ2n) is 7.24. The molecule has 2 fully saturated rings. The summed E-state index contributed by atoms with van der Waals surface area (Å²) in [5.74, 6) is 0.407. The Hall–Kier alpha value is -0.820. The molecular formula is C18H22BrF4NO. The maximum atomic E-state index is 13.5. The average Bonchev–Trinajstić information content (AvgIpc) is 2.52. The SMILES string of the molecule is Fc1cc(OCC2CCN(CC3(C(F)(F)F)CCC3)CC2)ccc1Br. The molecule has 1 aliphatic heterocycles. The summed E-state index contributed by atoms with van der Waals surface area (Å²) < 4.78 is 59.3. The molecule has 25 heavy (non-hydrogen) atoms. The molecule has 1 aromatic carbocycles. The summed E-state index contributed by atoms with van der Waals surface area (Å²) in [5, 5.41) is 0. The van der Waals surface area contributed by atoms with Crippen LogP contribution in [0.5, 0.6) is 5.75 Å². The molecule has 0 spiro atoms. The van der Waals surface area contributed by atoms with E-state index in [0.29, 0.717) is 42.3 Å². The Labute approximate surface area is 153 Å². The van der Waals surface area contributed by atoms with Gasteiger partial charge in [0.25, 0.3) is 0 Å². The molecule has 0 amide bonds. The number of rotatable bonds is 5. The molecule has 0 radical (unpaired) electrons. The van der Waals surface area contributed by atoms with Gasteiger partial charge >= 0.3 is 6.18 Å². The van der Waals surface area contributed by atoms with E-state index in [9.17, 15) is 17.6 Å². The lowest BCUT2D eigenvalue weighted by atomic mass is 9.67. The van der Waals surface area contributed by atoms with E-state index in [4.69, 9.17) is 4.74 Å². The lowest BCUT2D eigenvalue weighted by Crippen LogP contribution is -2.53. The molecule has 3 rings (SSSR count). The number of alkyl halides is 3. The van der Waals surface area contributed by atoms with Gasteiger partial charge in [0.05, 0.1) is 16.5 Å². The maximum Gasteiger partial charge on any atom is 0.395 e. The van der Waals surface area contributed by atoms with Gasteiger partial charge in [-0.3, -0.25) is 0 Å². The summed E-state index contributed by atoms with van der Waals surface area (Å²) in [6.45, 7) is 1.93. The zero-order valence-electron chi connectivity index (χ0n) is 13.9. The van der Waals surface area contributed by atoms with Crippen molar-refractivity contribution in [3.05, 3.63) is 28.5 Å². The van der Waals surface area contributed by atoms with Crippen LogP contribution in [0.1, 0.15) is 32.1 Å². The first-order valence-electron chi connectivity index (χ1n) is 8.66. The van der Waals surface area contributed by atoms with Crippen LogP contribution in [0.3, 0.4) is 0 Å². The number of nitrogens with zero attached hydrogens (tertiary/aromatic N) is 1. The maximum absolute atomic E-state index is 13.5. The van der Waals surface area contributed by atoms with Crippen molar-refractivity contribution < 1.29 is 22.3 Å². The highest BCUT2D eigenvalue weighted by Crippen LogP contribution is 2.53. The molecule has 1 aromatic rings. The minimum absolute atomic E-state index is 0.127. The molecule has 1 aliphatic carbocycles. The molecule has 0 N–H and O–H groups in total. The topological polar surface area (TPSA) is 12.5 Å². The fourth-order valence-electron chi connectivity index (χ4n) is 3.65. The second-order valence-corrected chi connectivity index (χ2v) is 8.09. The average molecular weight is 424 g/mol. The Morgan fingerprint density at radius 1 is 1.20 bits per heavy atom. The van der Waals surface area contributed by atoms with E-state index in [2.05, 4.69) is 15.9 Å². The lowest BCUT2D eigenvalue weighted by molar-refractivity contribution is -0.256. The number of hydrogen-bond donors (Lipinski definition) is 0. The Morgan fingerprint density at radius 2 is 1.88 bits per heavy atom. The minimum atomic E-state index is -4.10. The van der Waals surface area contributed by atoms with Gasteiger partial charge in [-0.1, -0.05) is 6.42 Å². The van der Waals surface area contributed by atoms with E-state index in [1.807, 2.05) is 4.90 Å². The van der Waals surface area contributed by atoms with E-state index in [0.717, 1.165) is 12.8 Å². The first kappa shape index (κ1) is 19.0. The van der Waals surface area contributed by atoms with Crippen molar-refractivity contribution in [2.75, 3.05) is 26.2 Å². The summed E-state index contributed by atoms with van der Waals surface area (Å²) >= 11 is 3.10. The summed E-state index contributed by atoms with van der Waals surface area (Å²) in [7, 11) is 0. The summed E-state index contributed by atoms with van der Waals surface area (Å²) in [5.41, 5.74) is -1.48. The molecule has 1 saturated carbocycles. The Bertz CT molecular complexity index is 595. The molecule has 0 aromatic heterocycles. The Balaban J connectivity index is 1.45. The van der Waals surface area contributed by atoms with E-state index >= 15 is 0 Å². The van der Waals surface area contributed by atoms with E-state index < -0.39 is 11.6 Å². The van der Waals surface area contributed by atoms with Gasteiger partial charge in [0.15, 0.2) is 0 Å². The van der Waals surface area contributed by atoms with Crippen LogP contribution >= 0.6 is 15.9 Å². The van der Waals surface area contributed by atoms with Crippen LogP contribution in [0.25, 0.3) is 0 Å². The quantitative estimate of drug-likeness (QED) is 0.586. The highest BCUT2D eigenvalue weighted by molar-refractivity contribution is 9.10. The van der Waals surface area contributed by atoms with Gasteiger partial charge in [-0.05, 0) is 72.8 Å². The van der Waals surface area contributed by atoms with E-state index in [1.165, 1.54) is 6.07 Å². The first-order chi connectivity index (χ1) is 11.8. The normalized spacial score (nSPS) is 21.8. The summed E-state index contributed by atoms with van der Waals surface area (Å²) in [4.78, 5) is 1.95. The van der Waals surface area contributed by atoms with Crippen molar-refractivity contribution in [1.29, 1.82) is 0 Å². The van der Waals surface area contributed by atoms with Crippen LogP contribution < -0.4 is 4.74 Å². The third-order valence-electron chi connectivity index (χ3n) is 5.52. The highest BCUT2D eigenvalue weighted by Gasteiger charge is 2.58. The number of hydrogen-bond acceptors (Lipinski definition) is 2. The van der Waals surface area contributed by atoms with Crippen molar-refractivity contribution in [2.45, 2.75) is 38.3 Å². The van der Waals surface area contributed by atoms with Crippen molar-refractivity contribution in [3.8, 4) is 5.75 Å². The van der Waals surface area contributed by atoms with Gasteiger partial charge < -0.3 is 9.64 Å². The van der Waals surface area contributed by atoms with Crippen LogP contribution in [0, 0.1) is 17.2 Å². The van der Waals surface area contributed by atoms with Gasteiger partial charge in [0.2, 0.25) is 0 Å². The second kappa shape index (κ2) is 7.43. The molecule has 2 aliphatic rings. The predicted octanol–water partition coefficient (Wildman–Crippen LogP) is 5.41. The summed E-state index contributed by atoms with van der Waals surface area (Å²) in [6, 6.07) is 4.64. The standard InChI is InChI=1S/C18H22BrF4NO/c19-15-3-2-14(10-16(15)20)25-11-13-4-8-24(9-5-13)12-17(6-1-7-17)18(21,22)23/h2-3,10,13H,1,4-9,11-12H2. The van der Waals surface area contributed by atoms with Crippen LogP contribution in [-0.4, -0.2) is 37.3 Å². The van der Waals surface area contributed by atoms with Gasteiger partial charge in [-0.15, -0.1) is 0 Å². The fourth-order valence-corrected chi connectivity index (χ4v) is 3.90. The summed E-state index contributed by atoms with van der Waals surface area (Å²) in [6.07, 6.45) is -1.28. The monoisotopic (exact) mass is 423 g/mol. The number of halogens is 5. The molecule has 0 unspecified atom stereocenters. The van der Waals surface area contributed by atoms with Crippen LogP contribution in [0.15, 0.2) is 22.7 Å². The number of benzene rings is 1. The number of ether oxygens (including phenoxy) is 1. The van der Waals surface area contributed by atoms with Crippen molar-refractivity contribution in [3.63, 3.8) is 0 Å². The van der Waals surface area contributed by atoms with Crippen LogP contribution in [0.4, 0.5) is 17.6 Å². The van der Waals surface area contributed by atoms with Gasteiger partial charge in [0, 0.05) is 12.6 Å². The largest absolute Gasteiger partial charge is 0.493 e. The van der Waals surface area contributed by atoms with E-state index in [1.54, 1.807) is 12.1 Å². The van der Waals surface area contributed by atoms with Gasteiger partial charge in [-0.2, -0.15) is 13.2 Å². The Kier molecular flexibility index (Phi) is 5.63. The zero-order valence-corrected chi connectivity index (χ0v) is 15.5. The fraction of sp³-hybridized carbons (Fsp3) is 0.667. The van der Waals surface area contributed by atoms with Gasteiger partial charge in [0.1, 0.15) is 11.6 Å². The molecule has 0 bridgehead atoms.